The highest BCUT2D eigenvalue weighted by molar-refractivity contribution is 5.96. The van der Waals surface area contributed by atoms with E-state index in [0.29, 0.717) is 11.1 Å². The molecule has 0 aromatic heterocycles. The fourth-order valence-corrected chi connectivity index (χ4v) is 1.58. The van der Waals surface area contributed by atoms with Crippen molar-refractivity contribution in [3.8, 4) is 5.75 Å². The van der Waals surface area contributed by atoms with E-state index in [9.17, 15) is 13.6 Å². The van der Waals surface area contributed by atoms with Gasteiger partial charge in [-0.15, -0.1) is 0 Å². The molecule has 0 N–H and O–H groups in total. The number of fused-ring (bicyclic) bond motifs is 1. The molecular formula is C10H8F2O2. The SMILES string of the molecule is CC(=O)c1cccc2c1CC(F)(F)O2. The fourth-order valence-electron chi connectivity index (χ4n) is 1.58. The van der Waals surface area contributed by atoms with Crippen molar-refractivity contribution < 1.29 is 18.3 Å². The van der Waals surface area contributed by atoms with Crippen LogP contribution < -0.4 is 4.74 Å². The second-order valence-electron chi connectivity index (χ2n) is 3.25. The number of alkyl halides is 2. The highest BCUT2D eigenvalue weighted by atomic mass is 19.3. The maximum Gasteiger partial charge on any atom is 0.402 e. The molecule has 0 atom stereocenters. The number of benzene rings is 1. The van der Waals surface area contributed by atoms with Crippen molar-refractivity contribution in [1.82, 2.24) is 0 Å². The Balaban J connectivity index is 2.52. The van der Waals surface area contributed by atoms with Crippen LogP contribution in [0.15, 0.2) is 18.2 Å². The third kappa shape index (κ3) is 1.36. The monoisotopic (exact) mass is 198 g/mol. The molecule has 0 saturated carbocycles. The molecule has 1 aliphatic heterocycles. The molecular weight excluding hydrogens is 190 g/mol. The molecule has 0 spiro atoms. The summed E-state index contributed by atoms with van der Waals surface area (Å²) in [6.45, 7) is 1.35. The largest absolute Gasteiger partial charge is 0.432 e. The Morgan fingerprint density at radius 3 is 2.86 bits per heavy atom. The van der Waals surface area contributed by atoms with E-state index in [-0.39, 0.29) is 11.5 Å². The van der Waals surface area contributed by atoms with Crippen LogP contribution in [0.4, 0.5) is 8.78 Å². The molecule has 4 heteroatoms. The molecule has 1 aliphatic rings. The van der Waals surface area contributed by atoms with Gasteiger partial charge in [0, 0.05) is 11.1 Å². The second-order valence-corrected chi connectivity index (χ2v) is 3.25. The number of rotatable bonds is 1. The van der Waals surface area contributed by atoms with Gasteiger partial charge in [0.25, 0.3) is 0 Å². The minimum absolute atomic E-state index is 0.114. The summed E-state index contributed by atoms with van der Waals surface area (Å²) in [4.78, 5) is 11.1. The molecule has 0 aliphatic carbocycles. The lowest BCUT2D eigenvalue weighted by Crippen LogP contribution is -2.20. The van der Waals surface area contributed by atoms with Crippen molar-refractivity contribution >= 4 is 5.78 Å². The maximum atomic E-state index is 12.8. The van der Waals surface area contributed by atoms with Crippen LogP contribution in [0.1, 0.15) is 22.8 Å². The van der Waals surface area contributed by atoms with Gasteiger partial charge in [0.15, 0.2) is 5.78 Å². The number of halogens is 2. The summed E-state index contributed by atoms with van der Waals surface area (Å²) in [7, 11) is 0. The molecule has 0 unspecified atom stereocenters. The van der Waals surface area contributed by atoms with E-state index in [1.54, 1.807) is 0 Å². The van der Waals surface area contributed by atoms with E-state index >= 15 is 0 Å². The third-order valence-corrected chi connectivity index (χ3v) is 2.15. The van der Waals surface area contributed by atoms with Gasteiger partial charge in [-0.2, -0.15) is 8.78 Å². The summed E-state index contributed by atoms with van der Waals surface area (Å²) < 4.78 is 30.1. The van der Waals surface area contributed by atoms with E-state index < -0.39 is 12.5 Å². The van der Waals surface area contributed by atoms with Crippen LogP contribution in [0.25, 0.3) is 0 Å². The lowest BCUT2D eigenvalue weighted by Gasteiger charge is -2.06. The summed E-state index contributed by atoms with van der Waals surface area (Å²) in [5.41, 5.74) is 0.629. The van der Waals surface area contributed by atoms with Crippen LogP contribution in [0.3, 0.4) is 0 Å². The number of hydrogen-bond acceptors (Lipinski definition) is 2. The van der Waals surface area contributed by atoms with Gasteiger partial charge in [0.1, 0.15) is 5.75 Å². The number of ketones is 1. The van der Waals surface area contributed by atoms with E-state index in [1.165, 1.54) is 25.1 Å². The van der Waals surface area contributed by atoms with Crippen LogP contribution in [0.2, 0.25) is 0 Å². The molecule has 0 amide bonds. The number of carbonyl (C=O) groups is 1. The van der Waals surface area contributed by atoms with Crippen molar-refractivity contribution in [3.05, 3.63) is 29.3 Å². The molecule has 1 heterocycles. The Labute approximate surface area is 79.5 Å². The average molecular weight is 198 g/mol. The predicted molar refractivity (Wildman–Crippen MR) is 45.7 cm³/mol. The first-order valence-electron chi connectivity index (χ1n) is 4.19. The summed E-state index contributed by atoms with van der Waals surface area (Å²) in [5, 5.41) is 0. The Hall–Kier alpha value is -1.45. The molecule has 0 radical (unpaired) electrons. The van der Waals surface area contributed by atoms with Crippen molar-refractivity contribution in [2.24, 2.45) is 0 Å². The van der Waals surface area contributed by atoms with Gasteiger partial charge in [-0.05, 0) is 13.0 Å². The summed E-state index contributed by atoms with van der Waals surface area (Å²) >= 11 is 0. The van der Waals surface area contributed by atoms with Crippen molar-refractivity contribution in [1.29, 1.82) is 0 Å². The van der Waals surface area contributed by atoms with Crippen LogP contribution in [-0.4, -0.2) is 11.9 Å². The molecule has 0 fully saturated rings. The molecule has 74 valence electrons. The molecule has 2 rings (SSSR count). The maximum absolute atomic E-state index is 12.8. The summed E-state index contributed by atoms with van der Waals surface area (Å²) in [5.74, 6) is -0.106. The van der Waals surface area contributed by atoms with Crippen molar-refractivity contribution in [3.63, 3.8) is 0 Å². The summed E-state index contributed by atoms with van der Waals surface area (Å²) in [6, 6.07) is 4.52. The van der Waals surface area contributed by atoms with Gasteiger partial charge in [-0.25, -0.2) is 0 Å². The topological polar surface area (TPSA) is 26.3 Å². The first-order valence-corrected chi connectivity index (χ1v) is 4.19. The molecule has 0 bridgehead atoms. The number of hydrogen-bond donors (Lipinski definition) is 0. The van der Waals surface area contributed by atoms with Gasteiger partial charge >= 0.3 is 6.11 Å². The Morgan fingerprint density at radius 1 is 1.50 bits per heavy atom. The lowest BCUT2D eigenvalue weighted by molar-refractivity contribution is -0.159. The zero-order valence-electron chi connectivity index (χ0n) is 7.51. The van der Waals surface area contributed by atoms with Crippen LogP contribution in [0, 0.1) is 0 Å². The van der Waals surface area contributed by atoms with Crippen LogP contribution >= 0.6 is 0 Å². The normalized spacial score (nSPS) is 17.4. The van der Waals surface area contributed by atoms with Gasteiger partial charge in [-0.3, -0.25) is 4.79 Å². The molecule has 1 aromatic rings. The van der Waals surface area contributed by atoms with Crippen LogP contribution in [-0.2, 0) is 6.42 Å². The first kappa shape index (κ1) is 9.12. The zero-order chi connectivity index (χ0) is 10.3. The first-order chi connectivity index (χ1) is 6.49. The molecule has 1 aromatic carbocycles. The van der Waals surface area contributed by atoms with Crippen molar-refractivity contribution in [2.45, 2.75) is 19.5 Å². The number of Topliss-reactive ketones (excluding diaryl/α,β-unsaturated/α-hetero) is 1. The van der Waals surface area contributed by atoms with Gasteiger partial charge in [-0.1, -0.05) is 12.1 Å². The molecule has 2 nitrogen and oxygen atoms in total. The lowest BCUT2D eigenvalue weighted by atomic mass is 10.0. The second kappa shape index (κ2) is 2.77. The molecule has 0 saturated heterocycles. The standard InChI is InChI=1S/C10H8F2O2/c1-6(13)7-3-2-4-9-8(7)5-10(11,12)14-9/h2-4H,5H2,1H3. The van der Waals surface area contributed by atoms with E-state index in [1.807, 2.05) is 0 Å². The van der Waals surface area contributed by atoms with Gasteiger partial charge in [0.2, 0.25) is 0 Å². The van der Waals surface area contributed by atoms with E-state index in [4.69, 9.17) is 0 Å². The smallest absolute Gasteiger partial charge is 0.402 e. The average Bonchev–Trinajstić information content (AvgIpc) is 2.36. The quantitative estimate of drug-likeness (QED) is 0.648. The van der Waals surface area contributed by atoms with Gasteiger partial charge < -0.3 is 4.74 Å². The van der Waals surface area contributed by atoms with E-state index in [2.05, 4.69) is 4.74 Å². The third-order valence-electron chi connectivity index (χ3n) is 2.15. The minimum Gasteiger partial charge on any atom is -0.432 e. The number of ether oxygens (including phenoxy) is 1. The summed E-state index contributed by atoms with van der Waals surface area (Å²) in [6.07, 6.45) is -3.69. The Kier molecular flexibility index (Phi) is 1.80. The number of carbonyl (C=O) groups excluding carboxylic acids is 1. The predicted octanol–water partition coefficient (Wildman–Crippen LogP) is 2.42. The molecule has 14 heavy (non-hydrogen) atoms. The van der Waals surface area contributed by atoms with Crippen LogP contribution in [0.5, 0.6) is 5.75 Å². The van der Waals surface area contributed by atoms with E-state index in [0.717, 1.165) is 0 Å². The fraction of sp³-hybridized carbons (Fsp3) is 0.300. The Morgan fingerprint density at radius 2 is 2.21 bits per heavy atom. The highest BCUT2D eigenvalue weighted by Gasteiger charge is 2.41. The highest BCUT2D eigenvalue weighted by Crippen LogP contribution is 2.38. The minimum atomic E-state index is -3.17. The van der Waals surface area contributed by atoms with Crippen molar-refractivity contribution in [2.75, 3.05) is 0 Å². The zero-order valence-corrected chi connectivity index (χ0v) is 7.51. The van der Waals surface area contributed by atoms with Gasteiger partial charge in [0.05, 0.1) is 6.42 Å². The Bertz CT molecular complexity index is 399.